The third-order valence-electron chi connectivity index (χ3n) is 2.01. The number of hydrogen-bond donors (Lipinski definition) is 2. The van der Waals surface area contributed by atoms with Crippen LogP contribution in [0.1, 0.15) is 10.4 Å². The molecule has 0 aliphatic carbocycles. The third-order valence-corrected chi connectivity index (χ3v) is 3.51. The fourth-order valence-electron chi connectivity index (χ4n) is 1.25. The van der Waals surface area contributed by atoms with Crippen molar-refractivity contribution in [1.82, 2.24) is 5.32 Å². The van der Waals surface area contributed by atoms with Gasteiger partial charge in [-0.2, -0.15) is 0 Å². The summed E-state index contributed by atoms with van der Waals surface area (Å²) in [6, 6.07) is 2.62. The van der Waals surface area contributed by atoms with Gasteiger partial charge in [-0.05, 0) is 28.1 Å². The number of halogens is 1. The fourth-order valence-corrected chi connectivity index (χ4v) is 2.75. The number of carbonyl (C=O) groups excluding carboxylic acids is 1. The molecule has 8 heteroatoms. The van der Waals surface area contributed by atoms with Gasteiger partial charge in [0.1, 0.15) is 4.90 Å². The van der Waals surface area contributed by atoms with Crippen molar-refractivity contribution in [2.24, 2.45) is 5.14 Å². The lowest BCUT2D eigenvalue weighted by Gasteiger charge is -2.10. The van der Waals surface area contributed by atoms with Gasteiger partial charge in [0.25, 0.3) is 5.91 Å². The normalized spacial score (nSPS) is 11.1. The molecule has 0 aromatic heterocycles. The van der Waals surface area contributed by atoms with Crippen LogP contribution < -0.4 is 15.2 Å². The number of carbonyl (C=O) groups is 1. The number of nitrogens with one attached hydrogen (secondary N) is 1. The SMILES string of the molecule is CNC(=O)c1cc(Br)c(OC)c(S(N)(=O)=O)c1. The molecule has 1 aromatic carbocycles. The summed E-state index contributed by atoms with van der Waals surface area (Å²) in [4.78, 5) is 11.2. The highest BCUT2D eigenvalue weighted by Crippen LogP contribution is 2.33. The molecule has 0 unspecified atom stereocenters. The van der Waals surface area contributed by atoms with Gasteiger partial charge >= 0.3 is 0 Å². The van der Waals surface area contributed by atoms with Crippen LogP contribution in [-0.4, -0.2) is 28.5 Å². The molecule has 1 aromatic rings. The summed E-state index contributed by atoms with van der Waals surface area (Å²) in [5.74, 6) is -0.349. The van der Waals surface area contributed by atoms with Crippen LogP contribution >= 0.6 is 15.9 Å². The van der Waals surface area contributed by atoms with Gasteiger partial charge in [-0.25, -0.2) is 13.6 Å². The van der Waals surface area contributed by atoms with Crippen LogP contribution in [0.3, 0.4) is 0 Å². The van der Waals surface area contributed by atoms with E-state index in [1.165, 1.54) is 20.2 Å². The maximum Gasteiger partial charge on any atom is 0.251 e. The van der Waals surface area contributed by atoms with E-state index in [1.54, 1.807) is 0 Å². The molecule has 6 nitrogen and oxygen atoms in total. The highest BCUT2D eigenvalue weighted by molar-refractivity contribution is 9.10. The van der Waals surface area contributed by atoms with Gasteiger partial charge in [-0.3, -0.25) is 4.79 Å². The number of benzene rings is 1. The highest BCUT2D eigenvalue weighted by Gasteiger charge is 2.20. The van der Waals surface area contributed by atoms with Crippen LogP contribution in [0, 0.1) is 0 Å². The van der Waals surface area contributed by atoms with Crippen molar-refractivity contribution < 1.29 is 17.9 Å². The Hall–Kier alpha value is -1.12. The van der Waals surface area contributed by atoms with Gasteiger partial charge in [-0.15, -0.1) is 0 Å². The van der Waals surface area contributed by atoms with Crippen molar-refractivity contribution in [2.75, 3.05) is 14.2 Å². The van der Waals surface area contributed by atoms with E-state index in [1.807, 2.05) is 0 Å². The number of methoxy groups -OCH3 is 1. The predicted octanol–water partition coefficient (Wildman–Crippen LogP) is 0.465. The second-order valence-corrected chi connectivity index (χ2v) is 5.50. The number of amides is 1. The maximum absolute atomic E-state index is 11.4. The summed E-state index contributed by atoms with van der Waals surface area (Å²) in [5.41, 5.74) is 0.171. The van der Waals surface area contributed by atoms with Crippen LogP contribution in [0.25, 0.3) is 0 Å². The van der Waals surface area contributed by atoms with Crippen molar-refractivity contribution >= 4 is 31.9 Å². The van der Waals surface area contributed by atoms with Crippen molar-refractivity contribution in [3.63, 3.8) is 0 Å². The first kappa shape index (κ1) is 13.9. The van der Waals surface area contributed by atoms with Gasteiger partial charge in [0.15, 0.2) is 5.75 Å². The molecule has 1 amide bonds. The Morgan fingerprint density at radius 2 is 2.06 bits per heavy atom. The van der Waals surface area contributed by atoms with E-state index in [-0.39, 0.29) is 16.2 Å². The van der Waals surface area contributed by atoms with E-state index in [2.05, 4.69) is 21.2 Å². The number of ether oxygens (including phenoxy) is 1. The van der Waals surface area contributed by atoms with Crippen LogP contribution in [0.5, 0.6) is 5.75 Å². The van der Waals surface area contributed by atoms with Crippen LogP contribution in [-0.2, 0) is 10.0 Å². The lowest BCUT2D eigenvalue weighted by Crippen LogP contribution is -2.20. The van der Waals surface area contributed by atoms with Crippen molar-refractivity contribution in [1.29, 1.82) is 0 Å². The zero-order valence-electron chi connectivity index (χ0n) is 9.15. The minimum atomic E-state index is -3.97. The molecule has 0 heterocycles. The average molecular weight is 323 g/mol. The van der Waals surface area contributed by atoms with Gasteiger partial charge in [0, 0.05) is 12.6 Å². The minimum absolute atomic E-state index is 0.0696. The standard InChI is InChI=1S/C9H11BrN2O4S/c1-12-9(13)5-3-6(10)8(16-2)7(4-5)17(11,14)15/h3-4H,1-2H3,(H,12,13)(H2,11,14,15). The zero-order valence-corrected chi connectivity index (χ0v) is 11.6. The van der Waals surface area contributed by atoms with Crippen molar-refractivity contribution in [2.45, 2.75) is 4.90 Å². The average Bonchev–Trinajstić information content (AvgIpc) is 2.25. The van der Waals surface area contributed by atoms with Crippen LogP contribution in [0.2, 0.25) is 0 Å². The Morgan fingerprint density at radius 3 is 2.47 bits per heavy atom. The molecule has 0 atom stereocenters. The largest absolute Gasteiger partial charge is 0.494 e. The zero-order chi connectivity index (χ0) is 13.2. The minimum Gasteiger partial charge on any atom is -0.494 e. The van der Waals surface area contributed by atoms with E-state index in [0.717, 1.165) is 6.07 Å². The molecule has 0 aliphatic rings. The highest BCUT2D eigenvalue weighted by atomic mass is 79.9. The second-order valence-electron chi connectivity index (χ2n) is 3.11. The first-order valence-corrected chi connectivity index (χ1v) is 6.77. The van der Waals surface area contributed by atoms with E-state index >= 15 is 0 Å². The second kappa shape index (κ2) is 5.03. The Balaban J connectivity index is 3.56. The van der Waals surface area contributed by atoms with Gasteiger partial charge < -0.3 is 10.1 Å². The number of rotatable bonds is 3. The molecule has 0 radical (unpaired) electrons. The van der Waals surface area contributed by atoms with E-state index in [9.17, 15) is 13.2 Å². The third kappa shape index (κ3) is 2.96. The van der Waals surface area contributed by atoms with Gasteiger partial charge in [0.05, 0.1) is 11.6 Å². The summed E-state index contributed by atoms with van der Waals surface area (Å²) in [5, 5.41) is 7.44. The molecule has 0 bridgehead atoms. The summed E-state index contributed by atoms with van der Waals surface area (Å²) in [6.45, 7) is 0. The maximum atomic E-state index is 11.4. The number of nitrogens with two attached hydrogens (primary N) is 1. The molecule has 0 spiro atoms. The van der Waals surface area contributed by atoms with E-state index in [4.69, 9.17) is 9.88 Å². The van der Waals surface area contributed by atoms with E-state index < -0.39 is 15.9 Å². The Morgan fingerprint density at radius 1 is 1.47 bits per heavy atom. The van der Waals surface area contributed by atoms with Crippen molar-refractivity contribution in [3.8, 4) is 5.75 Å². The predicted molar refractivity (Wildman–Crippen MR) is 65.5 cm³/mol. The quantitative estimate of drug-likeness (QED) is 0.844. The number of hydrogen-bond acceptors (Lipinski definition) is 4. The Bertz CT molecular complexity index is 556. The Labute approximate surface area is 107 Å². The number of primary sulfonamides is 1. The van der Waals surface area contributed by atoms with Crippen LogP contribution in [0.15, 0.2) is 21.5 Å². The molecule has 94 valence electrons. The molecule has 17 heavy (non-hydrogen) atoms. The Kier molecular flexibility index (Phi) is 4.12. The smallest absolute Gasteiger partial charge is 0.251 e. The molecule has 3 N–H and O–H groups in total. The monoisotopic (exact) mass is 322 g/mol. The first-order chi connectivity index (χ1) is 7.81. The molecule has 0 aliphatic heterocycles. The molecule has 0 saturated heterocycles. The molecule has 0 saturated carbocycles. The van der Waals surface area contributed by atoms with Gasteiger partial charge in [-0.1, -0.05) is 0 Å². The first-order valence-electron chi connectivity index (χ1n) is 4.43. The molecule has 0 fully saturated rings. The fraction of sp³-hybridized carbons (Fsp3) is 0.222. The van der Waals surface area contributed by atoms with Crippen LogP contribution in [0.4, 0.5) is 0 Å². The summed E-state index contributed by atoms with van der Waals surface area (Å²) in [7, 11) is -1.21. The number of sulfonamides is 1. The molecular weight excluding hydrogens is 312 g/mol. The van der Waals surface area contributed by atoms with Crippen molar-refractivity contribution in [3.05, 3.63) is 22.2 Å². The molecule has 1 rings (SSSR count). The summed E-state index contributed by atoms with van der Waals surface area (Å²) >= 11 is 3.12. The lowest BCUT2D eigenvalue weighted by atomic mass is 10.2. The summed E-state index contributed by atoms with van der Waals surface area (Å²) < 4.78 is 28.0. The topological polar surface area (TPSA) is 98.5 Å². The summed E-state index contributed by atoms with van der Waals surface area (Å²) in [6.07, 6.45) is 0. The molecular formula is C9H11BrN2O4S. The van der Waals surface area contributed by atoms with Gasteiger partial charge in [0.2, 0.25) is 10.0 Å². The van der Waals surface area contributed by atoms with E-state index in [0.29, 0.717) is 4.47 Å². The lowest BCUT2D eigenvalue weighted by molar-refractivity contribution is 0.0962.